The van der Waals surface area contributed by atoms with Crippen LogP contribution in [-0.2, 0) is 13.7 Å². The molecule has 0 aliphatic heterocycles. The standard InChI is InChI=1S/C19H15N7O2/c1-23-11-20-17-16(23)18(27)24(19(28)26(17)13-7-3-2-4-8-13)12-25-15-10-6-5-9-14(15)21-22-25/h2-11H,12H2,1H3. The molecule has 0 unspecified atom stereocenters. The van der Waals surface area contributed by atoms with Crippen LogP contribution in [0.4, 0.5) is 0 Å². The van der Waals surface area contributed by atoms with Crippen molar-refractivity contribution < 1.29 is 0 Å². The van der Waals surface area contributed by atoms with Crippen molar-refractivity contribution in [2.45, 2.75) is 6.67 Å². The summed E-state index contributed by atoms with van der Waals surface area (Å²) in [5.74, 6) is 0. The fourth-order valence-corrected chi connectivity index (χ4v) is 3.34. The molecule has 2 aromatic carbocycles. The van der Waals surface area contributed by atoms with Gasteiger partial charge in [-0.15, -0.1) is 5.10 Å². The van der Waals surface area contributed by atoms with Crippen LogP contribution < -0.4 is 11.2 Å². The van der Waals surface area contributed by atoms with Crippen molar-refractivity contribution in [3.63, 3.8) is 0 Å². The molecular weight excluding hydrogens is 358 g/mol. The highest BCUT2D eigenvalue weighted by Crippen LogP contribution is 2.13. The monoisotopic (exact) mass is 373 g/mol. The first-order chi connectivity index (χ1) is 13.6. The van der Waals surface area contributed by atoms with E-state index in [0.717, 1.165) is 10.1 Å². The zero-order chi connectivity index (χ0) is 19.3. The molecule has 0 aliphatic carbocycles. The number of imidazole rings is 1. The Labute approximate surface area is 157 Å². The maximum Gasteiger partial charge on any atom is 0.338 e. The van der Waals surface area contributed by atoms with Crippen molar-refractivity contribution in [3.8, 4) is 5.69 Å². The summed E-state index contributed by atoms with van der Waals surface area (Å²) >= 11 is 0. The summed E-state index contributed by atoms with van der Waals surface area (Å²) in [5.41, 5.74) is 1.82. The molecule has 0 saturated heterocycles. The molecule has 0 amide bonds. The Kier molecular flexibility index (Phi) is 3.48. The van der Waals surface area contributed by atoms with Crippen LogP contribution in [0.25, 0.3) is 27.9 Å². The normalized spacial score (nSPS) is 11.5. The minimum absolute atomic E-state index is 0.0495. The van der Waals surface area contributed by atoms with E-state index in [1.807, 2.05) is 42.5 Å². The highest BCUT2D eigenvalue weighted by molar-refractivity contribution is 5.74. The second-order valence-electron chi connectivity index (χ2n) is 6.43. The van der Waals surface area contributed by atoms with Gasteiger partial charge in [0.1, 0.15) is 12.2 Å². The number of para-hydroxylation sites is 2. The van der Waals surface area contributed by atoms with Crippen molar-refractivity contribution in [2.75, 3.05) is 0 Å². The first-order valence-corrected chi connectivity index (χ1v) is 8.65. The summed E-state index contributed by atoms with van der Waals surface area (Å²) in [5, 5.41) is 8.20. The quantitative estimate of drug-likeness (QED) is 0.473. The van der Waals surface area contributed by atoms with Crippen molar-refractivity contribution in [2.24, 2.45) is 7.05 Å². The molecule has 0 bridgehead atoms. The number of hydrogen-bond acceptors (Lipinski definition) is 5. The maximum atomic E-state index is 13.3. The minimum Gasteiger partial charge on any atom is -0.328 e. The second kappa shape index (κ2) is 6.02. The van der Waals surface area contributed by atoms with Crippen molar-refractivity contribution in [1.82, 2.24) is 33.7 Å². The van der Waals surface area contributed by atoms with E-state index < -0.39 is 11.2 Å². The predicted octanol–water partition coefficient (Wildman–Crippen LogP) is 1.14. The Bertz CT molecular complexity index is 1440. The average Bonchev–Trinajstić information content (AvgIpc) is 3.30. The van der Waals surface area contributed by atoms with Gasteiger partial charge in [0.25, 0.3) is 5.56 Å². The number of benzene rings is 2. The van der Waals surface area contributed by atoms with Crippen LogP contribution in [0.1, 0.15) is 0 Å². The molecule has 0 aliphatic rings. The van der Waals surface area contributed by atoms with E-state index in [2.05, 4.69) is 15.3 Å². The number of nitrogens with zero attached hydrogens (tertiary/aromatic N) is 7. The van der Waals surface area contributed by atoms with E-state index in [9.17, 15) is 9.59 Å². The van der Waals surface area contributed by atoms with Gasteiger partial charge >= 0.3 is 5.69 Å². The SMILES string of the molecule is Cn1cnc2c1c(=O)n(Cn1nnc3ccccc31)c(=O)n2-c1ccccc1. The van der Waals surface area contributed by atoms with Crippen LogP contribution >= 0.6 is 0 Å². The molecule has 0 atom stereocenters. The van der Waals surface area contributed by atoms with Crippen molar-refractivity contribution in [1.29, 1.82) is 0 Å². The van der Waals surface area contributed by atoms with Crippen LogP contribution in [0.3, 0.4) is 0 Å². The molecule has 28 heavy (non-hydrogen) atoms. The molecule has 3 aromatic heterocycles. The molecule has 9 heteroatoms. The smallest absolute Gasteiger partial charge is 0.328 e. The fraction of sp³-hybridized carbons (Fsp3) is 0.105. The first-order valence-electron chi connectivity index (χ1n) is 8.65. The fourth-order valence-electron chi connectivity index (χ4n) is 3.34. The Morgan fingerprint density at radius 2 is 1.71 bits per heavy atom. The molecule has 0 radical (unpaired) electrons. The average molecular weight is 373 g/mol. The van der Waals surface area contributed by atoms with Gasteiger partial charge in [-0.1, -0.05) is 35.5 Å². The molecule has 0 spiro atoms. The van der Waals surface area contributed by atoms with E-state index in [4.69, 9.17) is 0 Å². The van der Waals surface area contributed by atoms with Crippen LogP contribution in [0.2, 0.25) is 0 Å². The summed E-state index contributed by atoms with van der Waals surface area (Å²) < 4.78 is 5.75. The van der Waals surface area contributed by atoms with E-state index >= 15 is 0 Å². The lowest BCUT2D eigenvalue weighted by Gasteiger charge is -2.12. The molecule has 3 heterocycles. The van der Waals surface area contributed by atoms with Gasteiger partial charge < -0.3 is 4.57 Å². The number of aryl methyl sites for hydroxylation is 1. The van der Waals surface area contributed by atoms with Crippen LogP contribution in [-0.4, -0.2) is 33.7 Å². The summed E-state index contributed by atoms with van der Waals surface area (Å²) in [6, 6.07) is 16.5. The van der Waals surface area contributed by atoms with Crippen molar-refractivity contribution in [3.05, 3.63) is 81.8 Å². The van der Waals surface area contributed by atoms with Gasteiger partial charge in [-0.2, -0.15) is 0 Å². The highest BCUT2D eigenvalue weighted by atomic mass is 16.2. The van der Waals surface area contributed by atoms with Gasteiger partial charge in [-0.25, -0.2) is 23.6 Å². The minimum atomic E-state index is -0.484. The van der Waals surface area contributed by atoms with Gasteiger partial charge in [0.05, 0.1) is 17.5 Å². The van der Waals surface area contributed by atoms with Crippen LogP contribution in [0, 0.1) is 0 Å². The lowest BCUT2D eigenvalue weighted by Crippen LogP contribution is -2.41. The second-order valence-corrected chi connectivity index (χ2v) is 6.43. The molecular formula is C19H15N7O2. The Morgan fingerprint density at radius 1 is 0.964 bits per heavy atom. The Morgan fingerprint density at radius 3 is 2.54 bits per heavy atom. The van der Waals surface area contributed by atoms with E-state index in [1.165, 1.54) is 15.6 Å². The summed E-state index contributed by atoms with van der Waals surface area (Å²) in [7, 11) is 1.73. The topological polar surface area (TPSA) is 92.5 Å². The van der Waals surface area contributed by atoms with Crippen LogP contribution in [0.5, 0.6) is 0 Å². The van der Waals surface area contributed by atoms with E-state index in [1.54, 1.807) is 23.7 Å². The predicted molar refractivity (Wildman–Crippen MR) is 103 cm³/mol. The Balaban J connectivity index is 1.81. The van der Waals surface area contributed by atoms with Crippen LogP contribution in [0.15, 0.2) is 70.5 Å². The first kappa shape index (κ1) is 16.2. The van der Waals surface area contributed by atoms with Gasteiger partial charge in [0.2, 0.25) is 0 Å². The highest BCUT2D eigenvalue weighted by Gasteiger charge is 2.19. The van der Waals surface area contributed by atoms with Gasteiger partial charge in [0, 0.05) is 7.05 Å². The zero-order valence-electron chi connectivity index (χ0n) is 14.9. The number of fused-ring (bicyclic) bond motifs is 2. The summed E-state index contributed by atoms with van der Waals surface area (Å²) in [6.45, 7) is -0.0495. The van der Waals surface area contributed by atoms with Gasteiger partial charge in [-0.05, 0) is 24.3 Å². The van der Waals surface area contributed by atoms with E-state index in [0.29, 0.717) is 22.4 Å². The third-order valence-corrected chi connectivity index (χ3v) is 4.71. The number of aromatic nitrogens is 7. The molecule has 0 N–H and O–H groups in total. The maximum absolute atomic E-state index is 13.3. The molecule has 5 aromatic rings. The number of rotatable bonds is 3. The third kappa shape index (κ3) is 2.29. The van der Waals surface area contributed by atoms with Crippen molar-refractivity contribution >= 4 is 22.2 Å². The molecule has 0 fully saturated rings. The molecule has 9 nitrogen and oxygen atoms in total. The molecule has 0 saturated carbocycles. The Hall–Kier alpha value is -4.01. The summed E-state index contributed by atoms with van der Waals surface area (Å²) in [4.78, 5) is 30.7. The molecule has 138 valence electrons. The molecule has 5 rings (SSSR count). The third-order valence-electron chi connectivity index (χ3n) is 4.71. The lowest BCUT2D eigenvalue weighted by atomic mass is 10.3. The van der Waals surface area contributed by atoms with Gasteiger partial charge in [0.15, 0.2) is 11.2 Å². The number of hydrogen-bond donors (Lipinski definition) is 0. The summed E-state index contributed by atoms with van der Waals surface area (Å²) in [6.07, 6.45) is 1.53. The zero-order valence-corrected chi connectivity index (χ0v) is 14.9. The van der Waals surface area contributed by atoms with E-state index in [-0.39, 0.29) is 6.67 Å². The lowest BCUT2D eigenvalue weighted by molar-refractivity contribution is 0.508. The van der Waals surface area contributed by atoms with Gasteiger partial charge in [-0.3, -0.25) is 4.79 Å². The largest absolute Gasteiger partial charge is 0.338 e.